The maximum Gasteiger partial charge on any atom is 0.241 e. The zero-order valence-corrected chi connectivity index (χ0v) is 23.6. The van der Waals surface area contributed by atoms with Crippen molar-refractivity contribution in [2.75, 3.05) is 25.7 Å². The summed E-state index contributed by atoms with van der Waals surface area (Å²) in [6, 6.07) is 11.8. The van der Waals surface area contributed by atoms with E-state index in [-0.39, 0.29) is 35.8 Å². The van der Waals surface area contributed by atoms with Crippen LogP contribution in [0.25, 0.3) is 0 Å². The number of rotatable bonds is 6. The highest BCUT2D eigenvalue weighted by Crippen LogP contribution is 2.65. The van der Waals surface area contributed by atoms with E-state index in [0.717, 1.165) is 5.57 Å². The molecular formula is C32H34N2O7. The smallest absolute Gasteiger partial charge is 0.241 e. The number of phenolic OH excluding ortho intramolecular Hbond substituents is 1. The molecule has 6 rings (SSSR count). The molecule has 0 radical (unpaired) electrons. The number of amides is 4. The molecule has 9 nitrogen and oxygen atoms in total. The van der Waals surface area contributed by atoms with Gasteiger partial charge in [-0.1, -0.05) is 36.8 Å². The first-order valence-corrected chi connectivity index (χ1v) is 14.1. The van der Waals surface area contributed by atoms with Crippen LogP contribution < -0.4 is 14.4 Å². The van der Waals surface area contributed by atoms with Crippen LogP contribution in [0, 0.1) is 29.1 Å². The number of allylic oxidation sites excluding steroid dienone is 2. The van der Waals surface area contributed by atoms with Gasteiger partial charge in [-0.15, -0.1) is 0 Å². The average Bonchev–Trinajstić information content (AvgIpc) is 3.33. The second kappa shape index (κ2) is 9.75. The predicted molar refractivity (Wildman–Crippen MR) is 149 cm³/mol. The van der Waals surface area contributed by atoms with Gasteiger partial charge in [0.05, 0.1) is 43.1 Å². The molecule has 0 spiro atoms. The van der Waals surface area contributed by atoms with Gasteiger partial charge in [-0.05, 0) is 44.2 Å². The molecule has 9 heteroatoms. The van der Waals surface area contributed by atoms with Crippen LogP contribution in [-0.4, -0.2) is 54.4 Å². The maximum atomic E-state index is 14.5. The number of fused-ring (bicyclic) bond motifs is 4. The zero-order chi connectivity index (χ0) is 29.2. The predicted octanol–water partition coefficient (Wildman–Crippen LogP) is 4.05. The lowest BCUT2D eigenvalue weighted by Crippen LogP contribution is -2.49. The minimum atomic E-state index is -1.24. The summed E-state index contributed by atoms with van der Waals surface area (Å²) in [6.07, 6.45) is 3.29. The quantitative estimate of drug-likeness (QED) is 0.420. The second-order valence-electron chi connectivity index (χ2n) is 11.6. The van der Waals surface area contributed by atoms with Crippen molar-refractivity contribution in [3.8, 4) is 17.2 Å². The lowest BCUT2D eigenvalue weighted by Gasteiger charge is -2.49. The number of para-hydroxylation sites is 1. The van der Waals surface area contributed by atoms with Crippen LogP contribution in [0.4, 0.5) is 5.69 Å². The van der Waals surface area contributed by atoms with Crippen LogP contribution in [0.1, 0.15) is 44.6 Å². The molecule has 2 saturated heterocycles. The molecule has 3 fully saturated rings. The fraction of sp³-hybridized carbons (Fsp3) is 0.438. The minimum Gasteiger partial charge on any atom is -0.508 e. The van der Waals surface area contributed by atoms with E-state index >= 15 is 0 Å². The number of methoxy groups -OCH3 is 2. The Kier molecular flexibility index (Phi) is 6.43. The Bertz CT molecular complexity index is 1460. The van der Waals surface area contributed by atoms with E-state index in [0.29, 0.717) is 42.1 Å². The van der Waals surface area contributed by atoms with Gasteiger partial charge in [0.15, 0.2) is 0 Å². The molecule has 6 unspecified atom stereocenters. The van der Waals surface area contributed by atoms with Crippen molar-refractivity contribution in [3.63, 3.8) is 0 Å². The summed E-state index contributed by atoms with van der Waals surface area (Å²) in [7, 11) is 2.95. The Labute approximate surface area is 238 Å². The molecule has 2 aliphatic carbocycles. The molecule has 2 aromatic rings. The van der Waals surface area contributed by atoms with Gasteiger partial charge in [0.1, 0.15) is 17.2 Å². The third kappa shape index (κ3) is 3.67. The molecule has 0 bridgehead atoms. The van der Waals surface area contributed by atoms with Crippen molar-refractivity contribution in [1.29, 1.82) is 0 Å². The summed E-state index contributed by atoms with van der Waals surface area (Å²) in [5.41, 5.74) is 0.613. The zero-order valence-electron chi connectivity index (χ0n) is 23.6. The molecule has 6 atom stereocenters. The highest BCUT2D eigenvalue weighted by atomic mass is 16.5. The summed E-state index contributed by atoms with van der Waals surface area (Å²) in [4.78, 5) is 58.4. The first-order chi connectivity index (χ1) is 19.7. The summed E-state index contributed by atoms with van der Waals surface area (Å²) in [6.45, 7) is 4.10. The Morgan fingerprint density at radius 2 is 1.61 bits per heavy atom. The lowest BCUT2D eigenvalue weighted by molar-refractivity contribution is -0.140. The van der Waals surface area contributed by atoms with Crippen molar-refractivity contribution in [2.24, 2.45) is 29.1 Å². The molecular weight excluding hydrogens is 524 g/mol. The van der Waals surface area contributed by atoms with Crippen LogP contribution in [0.15, 0.2) is 54.1 Å². The Morgan fingerprint density at radius 3 is 2.22 bits per heavy atom. The normalized spacial score (nSPS) is 30.6. The monoisotopic (exact) mass is 558 g/mol. The van der Waals surface area contributed by atoms with Crippen molar-refractivity contribution in [1.82, 2.24) is 4.90 Å². The third-order valence-electron chi connectivity index (χ3n) is 9.64. The Morgan fingerprint density at radius 1 is 0.951 bits per heavy atom. The standard InChI is InChI=1S/C32H34N2O7/c1-5-13-33-28(36)20-12-11-19-21(25(20)30(33)38)16-22-29(37)34(17-9-7-6-8-10-17)31(39)32(22,2)27(19)26-23(40-3)14-18(35)15-24(26)41-4/h6-11,14-15,20-22,25,27,35H,5,12-13,16H2,1-4H3. The van der Waals surface area contributed by atoms with E-state index in [4.69, 9.17) is 9.47 Å². The van der Waals surface area contributed by atoms with Crippen LogP contribution in [0.2, 0.25) is 0 Å². The molecule has 1 N–H and O–H groups in total. The molecule has 4 amide bonds. The number of imide groups is 2. The van der Waals surface area contributed by atoms with E-state index in [1.807, 2.05) is 26.0 Å². The average molecular weight is 559 g/mol. The SMILES string of the molecule is CCCN1C(=O)C2CC=C3C(CC4C(=O)N(c5ccccc5)C(=O)C4(C)C3c3c(OC)cc(O)cc3OC)C2C1=O. The molecule has 41 heavy (non-hydrogen) atoms. The van der Waals surface area contributed by atoms with E-state index in [2.05, 4.69) is 0 Å². The van der Waals surface area contributed by atoms with Gasteiger partial charge in [0.2, 0.25) is 23.6 Å². The third-order valence-corrected chi connectivity index (χ3v) is 9.64. The number of hydrogen-bond acceptors (Lipinski definition) is 7. The van der Waals surface area contributed by atoms with Gasteiger partial charge >= 0.3 is 0 Å². The van der Waals surface area contributed by atoms with Gasteiger partial charge in [0, 0.05) is 30.2 Å². The number of ether oxygens (including phenoxy) is 2. The number of carbonyl (C=O) groups is 4. The first-order valence-electron chi connectivity index (χ1n) is 14.1. The van der Waals surface area contributed by atoms with Gasteiger partial charge in [0.25, 0.3) is 0 Å². The van der Waals surface area contributed by atoms with Crippen molar-refractivity contribution >= 4 is 29.3 Å². The van der Waals surface area contributed by atoms with Crippen LogP contribution in [-0.2, 0) is 19.2 Å². The van der Waals surface area contributed by atoms with Crippen LogP contribution in [0.5, 0.6) is 17.2 Å². The minimum absolute atomic E-state index is 0.0688. The molecule has 0 aromatic heterocycles. The van der Waals surface area contributed by atoms with Gasteiger partial charge in [-0.2, -0.15) is 0 Å². The highest BCUT2D eigenvalue weighted by molar-refractivity contribution is 6.24. The fourth-order valence-corrected chi connectivity index (χ4v) is 7.87. The molecule has 2 aromatic carbocycles. The summed E-state index contributed by atoms with van der Waals surface area (Å²) in [5, 5.41) is 10.4. The van der Waals surface area contributed by atoms with Gasteiger partial charge in [-0.3, -0.25) is 24.1 Å². The summed E-state index contributed by atoms with van der Waals surface area (Å²) in [5.74, 6) is -3.46. The number of benzene rings is 2. The van der Waals surface area contributed by atoms with Gasteiger partial charge in [-0.25, -0.2) is 4.90 Å². The van der Waals surface area contributed by atoms with Gasteiger partial charge < -0.3 is 14.6 Å². The topological polar surface area (TPSA) is 113 Å². The fourth-order valence-electron chi connectivity index (χ4n) is 7.87. The number of aromatic hydroxyl groups is 1. The molecule has 1 saturated carbocycles. The number of hydrogen-bond donors (Lipinski definition) is 1. The number of phenols is 1. The second-order valence-corrected chi connectivity index (χ2v) is 11.6. The summed E-state index contributed by atoms with van der Waals surface area (Å²) < 4.78 is 11.5. The van der Waals surface area contributed by atoms with Crippen LogP contribution in [0.3, 0.4) is 0 Å². The molecule has 4 aliphatic rings. The van der Waals surface area contributed by atoms with Crippen molar-refractivity contribution in [2.45, 2.75) is 39.0 Å². The van der Waals surface area contributed by atoms with E-state index in [9.17, 15) is 24.3 Å². The van der Waals surface area contributed by atoms with Crippen molar-refractivity contribution in [3.05, 3.63) is 59.7 Å². The summed E-state index contributed by atoms with van der Waals surface area (Å²) >= 11 is 0. The molecule has 2 aliphatic heterocycles. The Balaban J connectivity index is 1.58. The number of anilines is 1. The number of likely N-dealkylation sites (tertiary alicyclic amines) is 1. The van der Waals surface area contributed by atoms with E-state index < -0.39 is 35.0 Å². The highest BCUT2D eigenvalue weighted by Gasteiger charge is 2.68. The van der Waals surface area contributed by atoms with Crippen molar-refractivity contribution < 1.29 is 33.8 Å². The molecule has 214 valence electrons. The Hall–Kier alpha value is -4.14. The maximum absolute atomic E-state index is 14.5. The number of nitrogens with zero attached hydrogens (tertiary/aromatic N) is 2. The van der Waals surface area contributed by atoms with Crippen LogP contribution >= 0.6 is 0 Å². The number of carbonyl (C=O) groups excluding carboxylic acids is 4. The lowest BCUT2D eigenvalue weighted by atomic mass is 9.51. The van der Waals surface area contributed by atoms with E-state index in [1.54, 1.807) is 24.3 Å². The largest absolute Gasteiger partial charge is 0.508 e. The van der Waals surface area contributed by atoms with E-state index in [1.165, 1.54) is 36.2 Å². The first kappa shape index (κ1) is 27.1. The molecule has 2 heterocycles.